The van der Waals surface area contributed by atoms with Crippen molar-refractivity contribution in [2.75, 3.05) is 26.7 Å². The molecule has 3 heterocycles. The molecule has 0 saturated carbocycles. The number of piperidine rings is 1. The molecule has 2 aliphatic heterocycles. The van der Waals surface area contributed by atoms with E-state index in [-0.39, 0.29) is 17.9 Å². The summed E-state index contributed by atoms with van der Waals surface area (Å²) in [5.41, 5.74) is 1.44. The molecule has 3 amide bonds. The van der Waals surface area contributed by atoms with Gasteiger partial charge in [0.05, 0.1) is 13.3 Å². The maximum atomic E-state index is 13.2. The number of aromatic nitrogens is 2. The molecule has 1 unspecified atom stereocenters. The van der Waals surface area contributed by atoms with Crippen LogP contribution in [0.2, 0.25) is 0 Å². The Morgan fingerprint density at radius 1 is 1.16 bits per heavy atom. The summed E-state index contributed by atoms with van der Waals surface area (Å²) in [6.45, 7) is 4.95. The second kappa shape index (κ2) is 8.70. The minimum Gasteiger partial charge on any atom is -0.497 e. The van der Waals surface area contributed by atoms with Crippen LogP contribution < -0.4 is 10.1 Å². The number of hydrogen-bond acceptors (Lipinski definition) is 5. The molecule has 166 valence electrons. The lowest BCUT2D eigenvalue weighted by Gasteiger charge is -2.38. The fourth-order valence-electron chi connectivity index (χ4n) is 4.71. The normalized spacial score (nSPS) is 22.7. The average Bonchev–Trinajstić information content (AvgIpc) is 3.28. The number of rotatable bonds is 7. The minimum atomic E-state index is -0.822. The summed E-state index contributed by atoms with van der Waals surface area (Å²) in [6, 6.07) is 7.44. The first-order chi connectivity index (χ1) is 14.9. The molecule has 0 aliphatic carbocycles. The van der Waals surface area contributed by atoms with Crippen molar-refractivity contribution in [2.24, 2.45) is 13.0 Å². The van der Waals surface area contributed by atoms with Crippen molar-refractivity contribution >= 4 is 11.9 Å². The first kappa shape index (κ1) is 21.4. The summed E-state index contributed by atoms with van der Waals surface area (Å²) in [6.07, 6.45) is 6.33. The summed E-state index contributed by atoms with van der Waals surface area (Å²) in [7, 11) is 3.55. The highest BCUT2D eigenvalue weighted by atomic mass is 16.5. The van der Waals surface area contributed by atoms with Crippen LogP contribution in [0, 0.1) is 5.92 Å². The van der Waals surface area contributed by atoms with Crippen molar-refractivity contribution in [2.45, 2.75) is 38.3 Å². The molecule has 8 nitrogen and oxygen atoms in total. The van der Waals surface area contributed by atoms with E-state index in [4.69, 9.17) is 4.74 Å². The molecule has 0 spiro atoms. The zero-order valence-electron chi connectivity index (χ0n) is 18.5. The van der Waals surface area contributed by atoms with Crippen LogP contribution in [0.15, 0.2) is 36.7 Å². The summed E-state index contributed by atoms with van der Waals surface area (Å²) in [4.78, 5) is 29.6. The van der Waals surface area contributed by atoms with Crippen LogP contribution >= 0.6 is 0 Å². The van der Waals surface area contributed by atoms with Crippen molar-refractivity contribution in [3.05, 3.63) is 47.8 Å². The highest BCUT2D eigenvalue weighted by Gasteiger charge is 2.52. The second-order valence-electron chi connectivity index (χ2n) is 8.76. The summed E-state index contributed by atoms with van der Waals surface area (Å²) in [5.74, 6) is 0.831. The van der Waals surface area contributed by atoms with E-state index in [0.717, 1.165) is 43.8 Å². The number of ether oxygens (including phenoxy) is 1. The molecule has 1 N–H and O–H groups in total. The van der Waals surface area contributed by atoms with Crippen molar-refractivity contribution in [1.82, 2.24) is 24.9 Å². The van der Waals surface area contributed by atoms with Gasteiger partial charge in [0.1, 0.15) is 11.3 Å². The van der Waals surface area contributed by atoms with Gasteiger partial charge in [-0.15, -0.1) is 0 Å². The highest BCUT2D eigenvalue weighted by molar-refractivity contribution is 6.07. The lowest BCUT2D eigenvalue weighted by Crippen LogP contribution is -2.53. The molecule has 0 bridgehead atoms. The van der Waals surface area contributed by atoms with Crippen LogP contribution in [-0.2, 0) is 24.8 Å². The van der Waals surface area contributed by atoms with E-state index >= 15 is 0 Å². The number of benzene rings is 1. The van der Waals surface area contributed by atoms with Crippen LogP contribution in [0.4, 0.5) is 4.79 Å². The first-order valence-electron chi connectivity index (χ1n) is 10.9. The van der Waals surface area contributed by atoms with Crippen LogP contribution in [0.1, 0.15) is 30.9 Å². The molecule has 1 atom stereocenters. The number of hydrogen-bond donors (Lipinski definition) is 1. The quantitative estimate of drug-likeness (QED) is 0.688. The van der Waals surface area contributed by atoms with E-state index in [9.17, 15) is 9.59 Å². The standard InChI is InChI=1S/C23H31N5O3/c1-23(19-9-11-27(12-10-19)16-18-14-24-26(2)15-18)21(29)28(22(30)25-23)13-8-17-4-6-20(31-3)7-5-17/h4-7,14-15,19H,8-13,16H2,1-3H3,(H,25,30). The molecule has 4 rings (SSSR count). The summed E-state index contributed by atoms with van der Waals surface area (Å²) >= 11 is 0. The van der Waals surface area contributed by atoms with Crippen molar-refractivity contribution in [1.29, 1.82) is 0 Å². The molecule has 8 heteroatoms. The van der Waals surface area contributed by atoms with Gasteiger partial charge in [0.15, 0.2) is 0 Å². The van der Waals surface area contributed by atoms with Crippen LogP contribution in [0.3, 0.4) is 0 Å². The molecule has 2 saturated heterocycles. The molecule has 2 aliphatic rings. The van der Waals surface area contributed by atoms with Gasteiger partial charge in [-0.2, -0.15) is 5.10 Å². The summed E-state index contributed by atoms with van der Waals surface area (Å²) in [5, 5.41) is 7.24. The predicted molar refractivity (Wildman–Crippen MR) is 117 cm³/mol. The zero-order valence-corrected chi connectivity index (χ0v) is 18.5. The number of amides is 3. The Kier molecular flexibility index (Phi) is 6.00. The van der Waals surface area contributed by atoms with Gasteiger partial charge in [-0.25, -0.2) is 4.79 Å². The number of methoxy groups -OCH3 is 1. The van der Waals surface area contributed by atoms with E-state index in [1.807, 2.05) is 55.3 Å². The fraction of sp³-hybridized carbons (Fsp3) is 0.522. The predicted octanol–water partition coefficient (Wildman–Crippen LogP) is 2.19. The van der Waals surface area contributed by atoms with Gasteiger partial charge < -0.3 is 10.1 Å². The number of carbonyl (C=O) groups excluding carboxylic acids is 2. The number of nitrogens with zero attached hydrogens (tertiary/aromatic N) is 4. The van der Waals surface area contributed by atoms with Gasteiger partial charge in [-0.05, 0) is 62.9 Å². The number of aryl methyl sites for hydroxylation is 1. The lowest BCUT2D eigenvalue weighted by molar-refractivity contribution is -0.133. The average molecular weight is 426 g/mol. The largest absolute Gasteiger partial charge is 0.497 e. The van der Waals surface area contributed by atoms with Crippen LogP contribution in [0.5, 0.6) is 5.75 Å². The topological polar surface area (TPSA) is 79.7 Å². The number of urea groups is 1. The number of imide groups is 1. The number of nitrogens with one attached hydrogen (secondary N) is 1. The third-order valence-corrected chi connectivity index (χ3v) is 6.65. The van der Waals surface area contributed by atoms with Crippen LogP contribution in [0.25, 0.3) is 0 Å². The van der Waals surface area contributed by atoms with Gasteiger partial charge in [-0.3, -0.25) is 19.3 Å². The van der Waals surface area contributed by atoms with Gasteiger partial charge in [-0.1, -0.05) is 12.1 Å². The first-order valence-corrected chi connectivity index (χ1v) is 10.9. The number of likely N-dealkylation sites (tertiary alicyclic amines) is 1. The molecule has 1 aromatic carbocycles. The molecule has 1 aromatic heterocycles. The Balaban J connectivity index is 1.33. The van der Waals surface area contributed by atoms with E-state index < -0.39 is 5.54 Å². The van der Waals surface area contributed by atoms with Gasteiger partial charge in [0.25, 0.3) is 5.91 Å². The van der Waals surface area contributed by atoms with Crippen molar-refractivity contribution in [3.8, 4) is 5.75 Å². The Morgan fingerprint density at radius 2 is 1.87 bits per heavy atom. The third-order valence-electron chi connectivity index (χ3n) is 6.65. The zero-order chi connectivity index (χ0) is 22.0. The van der Waals surface area contributed by atoms with Gasteiger partial charge in [0, 0.05) is 31.9 Å². The third kappa shape index (κ3) is 4.44. The van der Waals surface area contributed by atoms with E-state index in [1.54, 1.807) is 7.11 Å². The summed E-state index contributed by atoms with van der Waals surface area (Å²) < 4.78 is 7.00. The Morgan fingerprint density at radius 3 is 2.48 bits per heavy atom. The highest BCUT2D eigenvalue weighted by Crippen LogP contribution is 2.34. The van der Waals surface area contributed by atoms with E-state index in [2.05, 4.69) is 15.3 Å². The minimum absolute atomic E-state index is 0.100. The fourth-order valence-corrected chi connectivity index (χ4v) is 4.71. The van der Waals surface area contributed by atoms with Crippen LogP contribution in [-0.4, -0.2) is 63.8 Å². The van der Waals surface area contributed by atoms with E-state index in [0.29, 0.717) is 13.0 Å². The molecule has 2 fully saturated rings. The maximum absolute atomic E-state index is 13.2. The Labute approximate surface area is 183 Å². The van der Waals surface area contributed by atoms with Gasteiger partial charge >= 0.3 is 6.03 Å². The Bertz CT molecular complexity index is 933. The lowest BCUT2D eigenvalue weighted by atomic mass is 9.79. The van der Waals surface area contributed by atoms with E-state index in [1.165, 1.54) is 10.5 Å². The number of carbonyl (C=O) groups is 2. The molecule has 31 heavy (non-hydrogen) atoms. The Hall–Kier alpha value is -2.87. The monoisotopic (exact) mass is 425 g/mol. The van der Waals surface area contributed by atoms with Crippen molar-refractivity contribution in [3.63, 3.8) is 0 Å². The SMILES string of the molecule is COc1ccc(CCN2C(=O)NC(C)(C3CCN(Cc4cnn(C)c4)CC3)C2=O)cc1. The molecular formula is C23H31N5O3. The molecule has 2 aromatic rings. The second-order valence-corrected chi connectivity index (χ2v) is 8.76. The molecular weight excluding hydrogens is 394 g/mol. The smallest absolute Gasteiger partial charge is 0.325 e. The maximum Gasteiger partial charge on any atom is 0.325 e. The van der Waals surface area contributed by atoms with Gasteiger partial charge in [0.2, 0.25) is 0 Å². The van der Waals surface area contributed by atoms with Crippen molar-refractivity contribution < 1.29 is 14.3 Å². The molecule has 0 radical (unpaired) electrons.